The minimum Gasteiger partial charge on any atom is -0.342 e. The Morgan fingerprint density at radius 2 is 1.78 bits per heavy atom. The minimum absolute atomic E-state index is 0.00127. The summed E-state index contributed by atoms with van der Waals surface area (Å²) in [5, 5.41) is 2.16. The molecule has 124 valence electrons. The molecule has 0 saturated carbocycles. The Hall–Kier alpha value is -1.88. The molecule has 0 fully saturated rings. The Morgan fingerprint density at radius 1 is 1.13 bits per heavy atom. The van der Waals surface area contributed by atoms with Crippen molar-refractivity contribution in [2.24, 2.45) is 0 Å². The van der Waals surface area contributed by atoms with E-state index in [1.165, 1.54) is 4.90 Å². The van der Waals surface area contributed by atoms with Crippen LogP contribution in [-0.2, 0) is 21.1 Å². The van der Waals surface area contributed by atoms with E-state index in [9.17, 15) is 13.2 Å². The maximum Gasteiger partial charge on any atom is 0.227 e. The maximum absolute atomic E-state index is 12.5. The molecule has 1 atom stereocenters. The summed E-state index contributed by atoms with van der Waals surface area (Å²) in [5.41, 5.74) is 0.963. The molecule has 2 aromatic carbocycles. The van der Waals surface area contributed by atoms with Gasteiger partial charge in [-0.05, 0) is 23.3 Å². The quantitative estimate of drug-likeness (QED) is 0.817. The molecule has 0 N–H and O–H groups in total. The second kappa shape index (κ2) is 7.13. The third-order valence-corrected chi connectivity index (χ3v) is 6.08. The first-order valence-electron chi connectivity index (χ1n) is 7.77. The molecule has 0 bridgehead atoms. The SMILES string of the molecule is CCS(=O)(=O)C[C@H](C)N(C)C(=O)Cc1cccc2ccccc12. The van der Waals surface area contributed by atoms with E-state index in [4.69, 9.17) is 0 Å². The first kappa shape index (κ1) is 17.5. The molecule has 0 saturated heterocycles. The van der Waals surface area contributed by atoms with Crippen LogP contribution in [0, 0.1) is 0 Å². The number of fused-ring (bicyclic) bond motifs is 1. The first-order chi connectivity index (χ1) is 10.8. The van der Waals surface area contributed by atoms with Gasteiger partial charge in [-0.2, -0.15) is 0 Å². The van der Waals surface area contributed by atoms with Gasteiger partial charge < -0.3 is 4.90 Å². The molecule has 2 rings (SSSR count). The number of nitrogens with zero attached hydrogens (tertiary/aromatic N) is 1. The van der Waals surface area contributed by atoms with Crippen molar-refractivity contribution in [3.8, 4) is 0 Å². The third-order valence-electron chi connectivity index (χ3n) is 4.21. The number of amides is 1. The highest BCUT2D eigenvalue weighted by Gasteiger charge is 2.21. The number of rotatable bonds is 6. The predicted molar refractivity (Wildman–Crippen MR) is 94.2 cm³/mol. The largest absolute Gasteiger partial charge is 0.342 e. The van der Waals surface area contributed by atoms with Gasteiger partial charge >= 0.3 is 0 Å². The summed E-state index contributed by atoms with van der Waals surface area (Å²) in [6.07, 6.45) is 0.272. The smallest absolute Gasteiger partial charge is 0.227 e. The monoisotopic (exact) mass is 333 g/mol. The first-order valence-corrected chi connectivity index (χ1v) is 9.59. The van der Waals surface area contributed by atoms with E-state index >= 15 is 0 Å². The summed E-state index contributed by atoms with van der Waals surface area (Å²) >= 11 is 0. The van der Waals surface area contributed by atoms with Crippen LogP contribution in [0.15, 0.2) is 42.5 Å². The molecule has 0 aliphatic rings. The summed E-state index contributed by atoms with van der Waals surface area (Å²) in [4.78, 5) is 14.0. The second-order valence-corrected chi connectivity index (χ2v) is 8.27. The van der Waals surface area contributed by atoms with Gasteiger partial charge in [0.1, 0.15) is 0 Å². The topological polar surface area (TPSA) is 54.5 Å². The van der Waals surface area contributed by atoms with Crippen LogP contribution in [0.25, 0.3) is 10.8 Å². The van der Waals surface area contributed by atoms with Crippen molar-refractivity contribution in [2.45, 2.75) is 26.3 Å². The Labute approximate surface area is 138 Å². The van der Waals surface area contributed by atoms with Crippen LogP contribution in [0.4, 0.5) is 0 Å². The fourth-order valence-electron chi connectivity index (χ4n) is 2.58. The molecule has 0 spiro atoms. The highest BCUT2D eigenvalue weighted by molar-refractivity contribution is 7.91. The van der Waals surface area contributed by atoms with Crippen molar-refractivity contribution < 1.29 is 13.2 Å². The molecule has 1 amide bonds. The Kier molecular flexibility index (Phi) is 5.42. The minimum atomic E-state index is -3.10. The zero-order chi connectivity index (χ0) is 17.0. The van der Waals surface area contributed by atoms with Crippen molar-refractivity contribution in [2.75, 3.05) is 18.6 Å². The summed E-state index contributed by atoms with van der Waals surface area (Å²) < 4.78 is 23.5. The summed E-state index contributed by atoms with van der Waals surface area (Å²) in [6.45, 7) is 3.40. The number of hydrogen-bond donors (Lipinski definition) is 0. The van der Waals surface area contributed by atoms with Crippen molar-refractivity contribution in [1.29, 1.82) is 0 Å². The van der Waals surface area contributed by atoms with Crippen LogP contribution in [0.3, 0.4) is 0 Å². The second-order valence-electron chi connectivity index (χ2n) is 5.87. The highest BCUT2D eigenvalue weighted by Crippen LogP contribution is 2.19. The van der Waals surface area contributed by atoms with Crippen molar-refractivity contribution in [1.82, 2.24) is 4.90 Å². The number of sulfone groups is 1. The molecule has 0 aliphatic heterocycles. The van der Waals surface area contributed by atoms with E-state index in [0.29, 0.717) is 0 Å². The standard InChI is InChI=1S/C18H23NO3S/c1-4-23(21,22)13-14(2)19(3)18(20)12-16-10-7-9-15-8-5-6-11-17(15)16/h5-11,14H,4,12-13H2,1-3H3/t14-/m0/s1. The van der Waals surface area contributed by atoms with Gasteiger partial charge in [-0.25, -0.2) is 8.42 Å². The molecular formula is C18H23NO3S. The van der Waals surface area contributed by atoms with Gasteiger partial charge in [-0.3, -0.25) is 4.79 Å². The fraction of sp³-hybridized carbons (Fsp3) is 0.389. The molecular weight excluding hydrogens is 310 g/mol. The van der Waals surface area contributed by atoms with Crippen LogP contribution in [0.5, 0.6) is 0 Å². The number of benzene rings is 2. The van der Waals surface area contributed by atoms with Crippen LogP contribution < -0.4 is 0 Å². The summed E-state index contributed by atoms with van der Waals surface area (Å²) in [6, 6.07) is 13.5. The van der Waals surface area contributed by atoms with Crippen molar-refractivity contribution >= 4 is 26.5 Å². The molecule has 2 aromatic rings. The van der Waals surface area contributed by atoms with Gasteiger partial charge in [-0.1, -0.05) is 49.4 Å². The zero-order valence-electron chi connectivity index (χ0n) is 13.8. The van der Waals surface area contributed by atoms with Crippen LogP contribution in [0.2, 0.25) is 0 Å². The van der Waals surface area contributed by atoms with E-state index in [2.05, 4.69) is 0 Å². The summed E-state index contributed by atoms with van der Waals surface area (Å²) in [7, 11) is -1.43. The van der Waals surface area contributed by atoms with Gasteiger partial charge in [-0.15, -0.1) is 0 Å². The van der Waals surface area contributed by atoms with Crippen molar-refractivity contribution in [3.63, 3.8) is 0 Å². The molecule has 5 heteroatoms. The van der Waals surface area contributed by atoms with Gasteiger partial charge in [0, 0.05) is 18.8 Å². The lowest BCUT2D eigenvalue weighted by Crippen LogP contribution is -2.40. The lowest BCUT2D eigenvalue weighted by Gasteiger charge is -2.25. The van der Waals surface area contributed by atoms with Crippen LogP contribution in [-0.4, -0.2) is 43.8 Å². The molecule has 23 heavy (non-hydrogen) atoms. The van der Waals surface area contributed by atoms with E-state index in [1.807, 2.05) is 42.5 Å². The average molecular weight is 333 g/mol. The number of carbonyl (C=O) groups is 1. The number of hydrogen-bond acceptors (Lipinski definition) is 3. The van der Waals surface area contributed by atoms with E-state index in [-0.39, 0.29) is 29.9 Å². The zero-order valence-corrected chi connectivity index (χ0v) is 14.6. The molecule has 0 radical (unpaired) electrons. The third kappa shape index (κ3) is 4.32. The van der Waals surface area contributed by atoms with E-state index in [0.717, 1.165) is 16.3 Å². The van der Waals surface area contributed by atoms with Crippen LogP contribution >= 0.6 is 0 Å². The van der Waals surface area contributed by atoms with Crippen LogP contribution in [0.1, 0.15) is 19.4 Å². The number of carbonyl (C=O) groups excluding carboxylic acids is 1. The normalized spacial score (nSPS) is 13.0. The molecule has 4 nitrogen and oxygen atoms in total. The average Bonchev–Trinajstić information content (AvgIpc) is 2.54. The van der Waals surface area contributed by atoms with E-state index < -0.39 is 9.84 Å². The van der Waals surface area contributed by atoms with Gasteiger partial charge in [0.25, 0.3) is 0 Å². The molecule has 0 aromatic heterocycles. The Balaban J connectivity index is 2.14. The predicted octanol–water partition coefficient (Wildman–Crippen LogP) is 2.66. The van der Waals surface area contributed by atoms with Crippen molar-refractivity contribution in [3.05, 3.63) is 48.0 Å². The number of likely N-dealkylation sites (N-methyl/N-ethyl adjacent to an activating group) is 1. The molecule has 0 heterocycles. The highest BCUT2D eigenvalue weighted by atomic mass is 32.2. The molecule has 0 aliphatic carbocycles. The lowest BCUT2D eigenvalue weighted by atomic mass is 10.0. The Bertz CT molecular complexity index is 794. The van der Waals surface area contributed by atoms with Gasteiger partial charge in [0.2, 0.25) is 5.91 Å². The summed E-state index contributed by atoms with van der Waals surface area (Å²) in [5.74, 6) is 0.0319. The van der Waals surface area contributed by atoms with Gasteiger partial charge in [0.05, 0.1) is 12.2 Å². The Morgan fingerprint density at radius 3 is 2.48 bits per heavy atom. The fourth-order valence-corrected chi connectivity index (χ4v) is 3.77. The van der Waals surface area contributed by atoms with E-state index in [1.54, 1.807) is 20.9 Å². The maximum atomic E-state index is 12.5. The van der Waals surface area contributed by atoms with Gasteiger partial charge in [0.15, 0.2) is 9.84 Å². The molecule has 0 unspecified atom stereocenters. The lowest BCUT2D eigenvalue weighted by molar-refractivity contribution is -0.130.